The number of aliphatic hydroxyl groups excluding tert-OH is 1. The van der Waals surface area contributed by atoms with E-state index >= 15 is 0 Å². The zero-order valence-electron chi connectivity index (χ0n) is 8.30. The number of amides is 1. The van der Waals surface area contributed by atoms with E-state index in [1.807, 2.05) is 0 Å². The van der Waals surface area contributed by atoms with Crippen LogP contribution in [0.15, 0.2) is 0 Å². The summed E-state index contributed by atoms with van der Waals surface area (Å²) in [4.78, 5) is 23.2. The van der Waals surface area contributed by atoms with Crippen molar-refractivity contribution in [2.45, 2.75) is 18.9 Å². The van der Waals surface area contributed by atoms with Crippen LogP contribution in [-0.4, -0.2) is 51.9 Å². The van der Waals surface area contributed by atoms with Crippen LogP contribution in [0.5, 0.6) is 0 Å². The van der Waals surface area contributed by atoms with Gasteiger partial charge in [0.2, 0.25) is 5.91 Å². The summed E-state index contributed by atoms with van der Waals surface area (Å²) in [5.41, 5.74) is 0. The lowest BCUT2D eigenvalue weighted by Gasteiger charge is -2.19. The average Bonchev–Trinajstić information content (AvgIpc) is 2.46. The predicted octanol–water partition coefficient (Wildman–Crippen LogP) is -0.400. The Morgan fingerprint density at radius 2 is 2.33 bits per heavy atom. The fraction of sp³-hybridized carbons (Fsp3) is 0.778. The van der Waals surface area contributed by atoms with E-state index in [1.54, 1.807) is 0 Å². The molecule has 1 saturated heterocycles. The summed E-state index contributed by atoms with van der Waals surface area (Å²) in [5.74, 6) is -0.228. The number of thiol groups is 1. The lowest BCUT2D eigenvalue weighted by Crippen LogP contribution is -2.34. The number of hydrogen-bond donors (Lipinski definition) is 3. The van der Waals surface area contributed by atoms with Crippen molar-refractivity contribution in [3.8, 4) is 0 Å². The lowest BCUT2D eigenvalue weighted by atomic mass is 10.1. The zero-order valence-corrected chi connectivity index (χ0v) is 9.19. The first kappa shape index (κ1) is 12.3. The third-order valence-corrected chi connectivity index (χ3v) is 2.91. The molecule has 0 aromatic heterocycles. The Morgan fingerprint density at radius 1 is 1.67 bits per heavy atom. The molecule has 0 spiro atoms. The van der Waals surface area contributed by atoms with Crippen LogP contribution < -0.4 is 0 Å². The number of carboxylic acids is 1. The summed E-state index contributed by atoms with van der Waals surface area (Å²) >= 11 is 4.11. The molecule has 1 heterocycles. The molecule has 1 amide bonds. The van der Waals surface area contributed by atoms with Gasteiger partial charge in [0.05, 0.1) is 12.5 Å². The number of hydrogen-bond acceptors (Lipinski definition) is 4. The maximum absolute atomic E-state index is 11.4. The number of rotatable bonds is 5. The molecule has 1 fully saturated rings. The van der Waals surface area contributed by atoms with Crippen LogP contribution in [-0.2, 0) is 9.59 Å². The normalized spacial score (nSPS) is 23.2. The highest BCUT2D eigenvalue weighted by Crippen LogP contribution is 2.19. The highest BCUT2D eigenvalue weighted by molar-refractivity contribution is 7.80. The smallest absolute Gasteiger partial charge is 0.306 e. The molecule has 6 heteroatoms. The highest BCUT2D eigenvalue weighted by Gasteiger charge is 2.30. The molecule has 0 aromatic rings. The van der Waals surface area contributed by atoms with Crippen LogP contribution in [0.4, 0.5) is 0 Å². The Kier molecular flexibility index (Phi) is 4.41. The average molecular weight is 233 g/mol. The van der Waals surface area contributed by atoms with Gasteiger partial charge in [0.25, 0.3) is 0 Å². The van der Waals surface area contributed by atoms with Crippen molar-refractivity contribution in [2.24, 2.45) is 5.92 Å². The quantitative estimate of drug-likeness (QED) is 0.565. The van der Waals surface area contributed by atoms with E-state index in [9.17, 15) is 14.7 Å². The van der Waals surface area contributed by atoms with Crippen LogP contribution in [0.3, 0.4) is 0 Å². The third kappa shape index (κ3) is 3.71. The van der Waals surface area contributed by atoms with Gasteiger partial charge in [0.1, 0.15) is 0 Å². The standard InChI is InChI=1S/C9H15NO4S/c11-7(2-9(13)14)4-10-3-6(5-15)1-8(10)12/h6-7,11,15H,1-5H2,(H,13,14). The number of carboxylic acid groups (broad SMARTS) is 1. The van der Waals surface area contributed by atoms with E-state index in [0.29, 0.717) is 18.7 Å². The summed E-state index contributed by atoms with van der Waals surface area (Å²) in [6, 6.07) is 0. The zero-order chi connectivity index (χ0) is 11.4. The van der Waals surface area contributed by atoms with Gasteiger partial charge in [0, 0.05) is 19.5 Å². The van der Waals surface area contributed by atoms with Gasteiger partial charge in [0.15, 0.2) is 0 Å². The largest absolute Gasteiger partial charge is 0.481 e. The van der Waals surface area contributed by atoms with Crippen molar-refractivity contribution < 1.29 is 19.8 Å². The van der Waals surface area contributed by atoms with E-state index in [1.165, 1.54) is 4.90 Å². The van der Waals surface area contributed by atoms with Gasteiger partial charge in [-0.15, -0.1) is 0 Å². The number of aliphatic hydroxyl groups is 1. The topological polar surface area (TPSA) is 77.8 Å². The number of likely N-dealkylation sites (tertiary alicyclic amines) is 1. The molecule has 0 bridgehead atoms. The molecule has 86 valence electrons. The number of aliphatic carboxylic acids is 1. The molecular weight excluding hydrogens is 218 g/mol. The fourth-order valence-corrected chi connectivity index (χ4v) is 1.92. The first-order valence-electron chi connectivity index (χ1n) is 4.81. The fourth-order valence-electron chi connectivity index (χ4n) is 1.67. The minimum absolute atomic E-state index is 0.0292. The monoisotopic (exact) mass is 233 g/mol. The van der Waals surface area contributed by atoms with Gasteiger partial charge in [-0.25, -0.2) is 0 Å². The number of carbonyl (C=O) groups excluding carboxylic acids is 1. The molecule has 2 N–H and O–H groups in total. The van der Waals surface area contributed by atoms with E-state index in [-0.39, 0.29) is 24.8 Å². The Labute approximate surface area is 93.5 Å². The summed E-state index contributed by atoms with van der Waals surface area (Å²) in [7, 11) is 0. The van der Waals surface area contributed by atoms with Gasteiger partial charge in [-0.2, -0.15) is 12.6 Å². The Balaban J connectivity index is 2.38. The van der Waals surface area contributed by atoms with E-state index < -0.39 is 12.1 Å². The molecule has 5 nitrogen and oxygen atoms in total. The highest BCUT2D eigenvalue weighted by atomic mass is 32.1. The van der Waals surface area contributed by atoms with Crippen LogP contribution in [0, 0.1) is 5.92 Å². The van der Waals surface area contributed by atoms with Crippen molar-refractivity contribution in [1.82, 2.24) is 4.90 Å². The van der Waals surface area contributed by atoms with Crippen LogP contribution >= 0.6 is 12.6 Å². The molecule has 0 aromatic carbocycles. The third-order valence-electron chi connectivity index (χ3n) is 2.39. The molecule has 15 heavy (non-hydrogen) atoms. The number of β-amino-alcohol motifs (C(OH)–C–C–N with tert-alkyl or cyclic N) is 1. The van der Waals surface area contributed by atoms with Crippen molar-refractivity contribution in [1.29, 1.82) is 0 Å². The second kappa shape index (κ2) is 5.37. The predicted molar refractivity (Wildman–Crippen MR) is 56.8 cm³/mol. The van der Waals surface area contributed by atoms with Crippen molar-refractivity contribution in [3.05, 3.63) is 0 Å². The molecule has 1 aliphatic heterocycles. The minimum Gasteiger partial charge on any atom is -0.481 e. The molecule has 2 unspecified atom stereocenters. The van der Waals surface area contributed by atoms with Crippen molar-refractivity contribution in [3.63, 3.8) is 0 Å². The summed E-state index contributed by atoms with van der Waals surface area (Å²) in [6.07, 6.45) is -0.858. The SMILES string of the molecule is O=C(O)CC(O)CN1CC(CS)CC1=O. The van der Waals surface area contributed by atoms with Crippen molar-refractivity contribution in [2.75, 3.05) is 18.8 Å². The summed E-state index contributed by atoms with van der Waals surface area (Å²) in [5, 5.41) is 17.8. The maximum atomic E-state index is 11.4. The minimum atomic E-state index is -1.06. The number of carbonyl (C=O) groups is 2. The molecule has 1 rings (SSSR count). The first-order chi connectivity index (χ1) is 7.02. The first-order valence-corrected chi connectivity index (χ1v) is 5.44. The van der Waals surface area contributed by atoms with E-state index in [0.717, 1.165) is 0 Å². The molecule has 1 aliphatic rings. The van der Waals surface area contributed by atoms with Gasteiger partial charge in [-0.1, -0.05) is 0 Å². The van der Waals surface area contributed by atoms with Gasteiger partial charge < -0.3 is 15.1 Å². The van der Waals surface area contributed by atoms with E-state index in [2.05, 4.69) is 12.6 Å². The van der Waals surface area contributed by atoms with Crippen LogP contribution in [0.2, 0.25) is 0 Å². The van der Waals surface area contributed by atoms with Gasteiger partial charge >= 0.3 is 5.97 Å². The van der Waals surface area contributed by atoms with Crippen LogP contribution in [0.25, 0.3) is 0 Å². The molecular formula is C9H15NO4S. The van der Waals surface area contributed by atoms with Crippen molar-refractivity contribution >= 4 is 24.5 Å². The molecule has 0 aliphatic carbocycles. The Bertz CT molecular complexity index is 258. The number of nitrogens with zero attached hydrogens (tertiary/aromatic N) is 1. The van der Waals surface area contributed by atoms with Gasteiger partial charge in [-0.3, -0.25) is 9.59 Å². The Morgan fingerprint density at radius 3 is 2.80 bits per heavy atom. The van der Waals surface area contributed by atoms with Gasteiger partial charge in [-0.05, 0) is 11.7 Å². The lowest BCUT2D eigenvalue weighted by molar-refractivity contribution is -0.140. The Hall–Kier alpha value is -0.750. The molecule has 0 saturated carbocycles. The maximum Gasteiger partial charge on any atom is 0.306 e. The molecule has 0 radical (unpaired) electrons. The summed E-state index contributed by atoms with van der Waals surface area (Å²) in [6.45, 7) is 0.675. The second-order valence-corrected chi connectivity index (χ2v) is 4.17. The second-order valence-electron chi connectivity index (χ2n) is 3.80. The van der Waals surface area contributed by atoms with Crippen LogP contribution in [0.1, 0.15) is 12.8 Å². The van der Waals surface area contributed by atoms with E-state index in [4.69, 9.17) is 5.11 Å². The molecule has 2 atom stereocenters. The summed E-state index contributed by atoms with van der Waals surface area (Å²) < 4.78 is 0.